The molecule has 1 aromatic carbocycles. The van der Waals surface area contributed by atoms with Gasteiger partial charge in [-0.2, -0.15) is 0 Å². The molecule has 30 heavy (non-hydrogen) atoms. The Morgan fingerprint density at radius 3 is 2.93 bits per heavy atom. The van der Waals surface area contributed by atoms with Crippen LogP contribution in [0.3, 0.4) is 0 Å². The van der Waals surface area contributed by atoms with Crippen molar-refractivity contribution in [1.82, 2.24) is 4.90 Å². The van der Waals surface area contributed by atoms with Crippen LogP contribution in [0.2, 0.25) is 0 Å². The minimum atomic E-state index is -1.16. The number of aliphatic imine (C=N–C) groups is 3. The van der Waals surface area contributed by atoms with Crippen LogP contribution in [-0.4, -0.2) is 83.1 Å². The topological polar surface area (TPSA) is 125 Å². The number of ether oxygens (including phenoxy) is 2. The van der Waals surface area contributed by atoms with Gasteiger partial charge >= 0.3 is 0 Å². The Bertz CT molecular complexity index is 1000. The van der Waals surface area contributed by atoms with E-state index in [0.717, 1.165) is 17.6 Å². The maximum atomic E-state index is 10.6. The van der Waals surface area contributed by atoms with Crippen LogP contribution in [0, 0.1) is 0 Å². The number of aliphatic hydroxyl groups is 2. The van der Waals surface area contributed by atoms with E-state index < -0.39 is 29.7 Å². The molecule has 9 nitrogen and oxygen atoms in total. The molecule has 0 spiro atoms. The van der Waals surface area contributed by atoms with Crippen molar-refractivity contribution < 1.29 is 19.7 Å². The van der Waals surface area contributed by atoms with Gasteiger partial charge in [0.2, 0.25) is 0 Å². The lowest BCUT2D eigenvalue weighted by Crippen LogP contribution is -2.60. The quantitative estimate of drug-likeness (QED) is 0.636. The smallest absolute Gasteiger partial charge is 0.182 e. The van der Waals surface area contributed by atoms with Gasteiger partial charge in [-0.25, -0.2) is 9.98 Å². The van der Waals surface area contributed by atoms with Crippen LogP contribution in [0.25, 0.3) is 5.57 Å². The van der Waals surface area contributed by atoms with Gasteiger partial charge in [0.15, 0.2) is 17.2 Å². The highest BCUT2D eigenvalue weighted by molar-refractivity contribution is 6.49. The summed E-state index contributed by atoms with van der Waals surface area (Å²) in [5.41, 5.74) is 8.32. The molecule has 158 valence electrons. The summed E-state index contributed by atoms with van der Waals surface area (Å²) in [6, 6.07) is 8.12. The van der Waals surface area contributed by atoms with E-state index in [2.05, 4.69) is 22.1 Å². The summed E-state index contributed by atoms with van der Waals surface area (Å²) in [6.45, 7) is 1.71. The Hall–Kier alpha value is -2.43. The van der Waals surface area contributed by atoms with Crippen molar-refractivity contribution in [3.05, 3.63) is 41.5 Å². The summed E-state index contributed by atoms with van der Waals surface area (Å²) in [7, 11) is 1.50. The Labute approximate surface area is 174 Å². The zero-order chi connectivity index (χ0) is 21.1. The first kappa shape index (κ1) is 19.5. The summed E-state index contributed by atoms with van der Waals surface area (Å²) in [6.07, 6.45) is 1.87. The van der Waals surface area contributed by atoms with Gasteiger partial charge in [0.25, 0.3) is 0 Å². The lowest BCUT2D eigenvalue weighted by molar-refractivity contribution is -0.154. The van der Waals surface area contributed by atoms with Crippen molar-refractivity contribution in [3.63, 3.8) is 0 Å². The zero-order valence-corrected chi connectivity index (χ0v) is 16.9. The van der Waals surface area contributed by atoms with Gasteiger partial charge in [-0.05, 0) is 24.5 Å². The molecule has 1 aromatic rings. The molecule has 0 bridgehead atoms. The summed E-state index contributed by atoms with van der Waals surface area (Å²) >= 11 is 0. The van der Waals surface area contributed by atoms with Gasteiger partial charge in [-0.3, -0.25) is 10.7 Å². The first-order valence-corrected chi connectivity index (χ1v) is 9.96. The summed E-state index contributed by atoms with van der Waals surface area (Å²) in [5, 5.41) is 20.2. The van der Waals surface area contributed by atoms with Crippen molar-refractivity contribution in [3.8, 4) is 0 Å². The number of rotatable bonds is 4. The van der Waals surface area contributed by atoms with Crippen LogP contribution >= 0.6 is 0 Å². The number of nitrogens with two attached hydrogens (primary N) is 1. The van der Waals surface area contributed by atoms with E-state index in [1.165, 1.54) is 19.0 Å². The highest BCUT2D eigenvalue weighted by Crippen LogP contribution is 2.42. The molecule has 3 aliphatic heterocycles. The molecule has 1 aliphatic carbocycles. The third-order valence-corrected chi connectivity index (χ3v) is 6.46. The number of fused-ring (bicyclic) bond motifs is 2. The minimum Gasteiger partial charge on any atom is -0.394 e. The van der Waals surface area contributed by atoms with Crippen molar-refractivity contribution in [1.29, 1.82) is 0 Å². The Morgan fingerprint density at radius 1 is 1.37 bits per heavy atom. The van der Waals surface area contributed by atoms with E-state index in [1.54, 1.807) is 6.92 Å². The molecule has 5 rings (SSSR count). The number of allylic oxidation sites excluding steroid dienone is 1. The first-order chi connectivity index (χ1) is 14.4. The third-order valence-electron chi connectivity index (χ3n) is 6.46. The van der Waals surface area contributed by atoms with E-state index in [4.69, 9.17) is 20.2 Å². The van der Waals surface area contributed by atoms with Crippen LogP contribution in [-0.2, 0) is 15.9 Å². The second kappa shape index (κ2) is 6.79. The van der Waals surface area contributed by atoms with Crippen molar-refractivity contribution >= 4 is 23.5 Å². The average Bonchev–Trinajstić information content (AvgIpc) is 3.43. The SMILES string of the molecule is CO[C@@H]1[C@H](O)[C@@H](CO)O[C@@]1(C)N1CN=C2C1=NC=NC2(N)C1=CCc2ccccc21. The van der Waals surface area contributed by atoms with Gasteiger partial charge in [0, 0.05) is 12.7 Å². The number of benzene rings is 1. The number of methoxy groups -OCH3 is 1. The number of hydrogen-bond acceptors (Lipinski definition) is 9. The molecule has 3 heterocycles. The number of amidine groups is 1. The lowest BCUT2D eigenvalue weighted by atomic mass is 9.89. The maximum Gasteiger partial charge on any atom is 0.182 e. The molecule has 0 radical (unpaired) electrons. The second-order valence-corrected chi connectivity index (χ2v) is 8.06. The van der Waals surface area contributed by atoms with E-state index in [1.807, 2.05) is 23.1 Å². The molecule has 1 unspecified atom stereocenters. The fourth-order valence-electron chi connectivity index (χ4n) is 4.93. The Morgan fingerprint density at radius 2 is 2.17 bits per heavy atom. The Balaban J connectivity index is 1.51. The van der Waals surface area contributed by atoms with Gasteiger partial charge in [0.05, 0.1) is 6.61 Å². The van der Waals surface area contributed by atoms with Gasteiger partial charge in [-0.1, -0.05) is 30.3 Å². The molecular formula is C21H25N5O4. The van der Waals surface area contributed by atoms with Crippen molar-refractivity contribution in [2.24, 2.45) is 20.7 Å². The highest BCUT2D eigenvalue weighted by atomic mass is 16.6. The molecule has 5 atom stereocenters. The number of aliphatic hydroxyl groups excluding tert-OH is 2. The molecule has 4 N–H and O–H groups in total. The summed E-state index contributed by atoms with van der Waals surface area (Å²) < 4.78 is 11.6. The van der Waals surface area contributed by atoms with E-state index in [-0.39, 0.29) is 13.3 Å². The van der Waals surface area contributed by atoms with Crippen LogP contribution in [0.15, 0.2) is 45.3 Å². The summed E-state index contributed by atoms with van der Waals surface area (Å²) in [4.78, 5) is 15.5. The fraction of sp³-hybridized carbons (Fsp3) is 0.476. The molecule has 1 saturated heterocycles. The van der Waals surface area contributed by atoms with Crippen LogP contribution in [0.5, 0.6) is 0 Å². The molecule has 4 aliphatic rings. The van der Waals surface area contributed by atoms with Crippen LogP contribution in [0.4, 0.5) is 0 Å². The van der Waals surface area contributed by atoms with Crippen molar-refractivity contribution in [2.45, 2.75) is 43.0 Å². The molecule has 0 aromatic heterocycles. The number of nitrogens with zero attached hydrogens (tertiary/aromatic N) is 4. The van der Waals surface area contributed by atoms with Crippen LogP contribution < -0.4 is 5.73 Å². The molecule has 0 saturated carbocycles. The zero-order valence-electron chi connectivity index (χ0n) is 16.9. The minimum absolute atomic E-state index is 0.229. The second-order valence-electron chi connectivity index (χ2n) is 8.06. The first-order valence-electron chi connectivity index (χ1n) is 9.96. The van der Waals surface area contributed by atoms with E-state index in [0.29, 0.717) is 11.5 Å². The van der Waals surface area contributed by atoms with Gasteiger partial charge < -0.3 is 24.6 Å². The Kier molecular flexibility index (Phi) is 4.42. The maximum absolute atomic E-state index is 10.6. The molecular weight excluding hydrogens is 386 g/mol. The largest absolute Gasteiger partial charge is 0.394 e. The van der Waals surface area contributed by atoms with Crippen molar-refractivity contribution in [2.75, 3.05) is 20.4 Å². The third kappa shape index (κ3) is 2.50. The molecule has 9 heteroatoms. The van der Waals surface area contributed by atoms with E-state index in [9.17, 15) is 10.2 Å². The summed E-state index contributed by atoms with van der Waals surface area (Å²) in [5.74, 6) is 0.535. The van der Waals surface area contributed by atoms with Crippen LogP contribution in [0.1, 0.15) is 18.1 Å². The average molecular weight is 411 g/mol. The highest BCUT2D eigenvalue weighted by Gasteiger charge is 2.59. The van der Waals surface area contributed by atoms with Gasteiger partial charge in [-0.15, -0.1) is 0 Å². The fourth-order valence-corrected chi connectivity index (χ4v) is 4.93. The standard InChI is InChI=1S/C21H25N5O4/c1-20(18(29-2)16(28)15(9-27)30-20)26-11-24-17-19(26)23-10-25-21(17,22)14-8-7-12-5-3-4-6-13(12)14/h3-6,8,10,15-16,18,27-28H,7,9,11,22H2,1-2H3/t15-,16-,18-,20-,21?/m1/s1. The number of hydrogen-bond donors (Lipinski definition) is 3. The lowest BCUT2D eigenvalue weighted by Gasteiger charge is -2.41. The van der Waals surface area contributed by atoms with Gasteiger partial charge in [0.1, 0.15) is 37.0 Å². The predicted octanol–water partition coefficient (Wildman–Crippen LogP) is -0.0812. The van der Waals surface area contributed by atoms with E-state index >= 15 is 0 Å². The predicted molar refractivity (Wildman–Crippen MR) is 112 cm³/mol. The molecule has 0 amide bonds. The normalized spacial score (nSPS) is 37.0. The monoisotopic (exact) mass is 411 g/mol. The molecule has 1 fully saturated rings.